The number of thiazole rings is 1. The van der Waals surface area contributed by atoms with Gasteiger partial charge in [-0.2, -0.15) is 0 Å². The molecule has 1 saturated heterocycles. The fourth-order valence-electron chi connectivity index (χ4n) is 2.28. The predicted molar refractivity (Wildman–Crippen MR) is 67.0 cm³/mol. The molecule has 1 aromatic heterocycles. The van der Waals surface area contributed by atoms with Gasteiger partial charge in [-0.3, -0.25) is 9.69 Å². The lowest BCUT2D eigenvalue weighted by molar-refractivity contribution is -0.137. The first-order chi connectivity index (χ1) is 8.24. The molecule has 2 heterocycles. The summed E-state index contributed by atoms with van der Waals surface area (Å²) in [5.41, 5.74) is 0. The molecule has 4 nitrogen and oxygen atoms in total. The van der Waals surface area contributed by atoms with Gasteiger partial charge in [0, 0.05) is 18.0 Å². The van der Waals surface area contributed by atoms with Crippen LogP contribution in [0.3, 0.4) is 0 Å². The van der Waals surface area contributed by atoms with Crippen molar-refractivity contribution >= 4 is 17.3 Å². The fourth-order valence-corrected chi connectivity index (χ4v) is 2.94. The van der Waals surface area contributed by atoms with Crippen LogP contribution in [0.4, 0.5) is 0 Å². The highest BCUT2D eigenvalue weighted by Crippen LogP contribution is 2.23. The van der Waals surface area contributed by atoms with E-state index in [4.69, 9.17) is 5.11 Å². The Kier molecular flexibility index (Phi) is 4.50. The van der Waals surface area contributed by atoms with Crippen LogP contribution in [-0.4, -0.2) is 34.0 Å². The Morgan fingerprint density at radius 1 is 1.53 bits per heavy atom. The Morgan fingerprint density at radius 3 is 2.88 bits per heavy atom. The summed E-state index contributed by atoms with van der Waals surface area (Å²) in [6.45, 7) is 3.09. The molecule has 1 N–H and O–H groups in total. The molecule has 5 heteroatoms. The van der Waals surface area contributed by atoms with Crippen LogP contribution < -0.4 is 0 Å². The number of carbonyl (C=O) groups is 1. The minimum atomic E-state index is -0.671. The molecule has 0 aromatic carbocycles. The summed E-state index contributed by atoms with van der Waals surface area (Å²) in [4.78, 5) is 17.2. The van der Waals surface area contributed by atoms with Crippen molar-refractivity contribution in [2.45, 2.75) is 32.2 Å². The van der Waals surface area contributed by atoms with Crippen LogP contribution in [0.15, 0.2) is 11.6 Å². The summed E-state index contributed by atoms with van der Waals surface area (Å²) in [5.74, 6) is -0.0751. The molecule has 0 unspecified atom stereocenters. The molecule has 1 fully saturated rings. The van der Waals surface area contributed by atoms with E-state index in [-0.39, 0.29) is 0 Å². The van der Waals surface area contributed by atoms with E-state index in [1.165, 1.54) is 5.01 Å². The fraction of sp³-hybridized carbons (Fsp3) is 0.667. The normalized spacial score (nSPS) is 18.4. The summed E-state index contributed by atoms with van der Waals surface area (Å²) in [6, 6.07) is 0. The van der Waals surface area contributed by atoms with Gasteiger partial charge >= 0.3 is 5.97 Å². The zero-order valence-electron chi connectivity index (χ0n) is 9.84. The van der Waals surface area contributed by atoms with Crippen molar-refractivity contribution in [2.24, 2.45) is 5.92 Å². The van der Waals surface area contributed by atoms with Gasteiger partial charge in [0.1, 0.15) is 5.01 Å². The Labute approximate surface area is 105 Å². The van der Waals surface area contributed by atoms with Gasteiger partial charge in [0.2, 0.25) is 0 Å². The van der Waals surface area contributed by atoms with Gasteiger partial charge in [-0.05, 0) is 38.3 Å². The quantitative estimate of drug-likeness (QED) is 0.875. The summed E-state index contributed by atoms with van der Waals surface area (Å²) in [6.07, 6.45) is 5.24. The van der Waals surface area contributed by atoms with Crippen LogP contribution in [0.2, 0.25) is 0 Å². The van der Waals surface area contributed by atoms with Crippen LogP contribution in [0.1, 0.15) is 30.7 Å². The molecule has 0 saturated carbocycles. The average Bonchev–Trinajstić information content (AvgIpc) is 2.81. The van der Waals surface area contributed by atoms with Crippen molar-refractivity contribution in [3.05, 3.63) is 16.6 Å². The molecule has 0 spiro atoms. The first-order valence-electron chi connectivity index (χ1n) is 6.06. The van der Waals surface area contributed by atoms with Crippen molar-refractivity contribution in [1.82, 2.24) is 9.88 Å². The van der Waals surface area contributed by atoms with Crippen LogP contribution in [0.5, 0.6) is 0 Å². The van der Waals surface area contributed by atoms with E-state index in [1.54, 1.807) is 11.3 Å². The van der Waals surface area contributed by atoms with Gasteiger partial charge in [0.05, 0.1) is 6.54 Å². The maximum absolute atomic E-state index is 10.5. The Morgan fingerprint density at radius 2 is 2.29 bits per heavy atom. The number of nitrogens with zero attached hydrogens (tertiary/aromatic N) is 2. The second-order valence-corrected chi connectivity index (χ2v) is 5.56. The van der Waals surface area contributed by atoms with Gasteiger partial charge in [0.25, 0.3) is 0 Å². The standard InChI is InChI=1S/C12H18N2O2S/c15-12(16)2-1-10-3-6-14(7-4-10)9-11-13-5-8-17-11/h5,8,10H,1-4,6-7,9H2,(H,15,16). The third-order valence-electron chi connectivity index (χ3n) is 3.32. The lowest BCUT2D eigenvalue weighted by Gasteiger charge is -2.31. The number of hydrogen-bond acceptors (Lipinski definition) is 4. The van der Waals surface area contributed by atoms with Crippen molar-refractivity contribution < 1.29 is 9.90 Å². The molecule has 1 aliphatic rings. The number of aromatic nitrogens is 1. The third kappa shape index (κ3) is 4.09. The second kappa shape index (κ2) is 6.12. The Hall–Kier alpha value is -0.940. The van der Waals surface area contributed by atoms with Crippen LogP contribution in [-0.2, 0) is 11.3 Å². The summed E-state index contributed by atoms with van der Waals surface area (Å²) in [5, 5.41) is 11.8. The predicted octanol–water partition coefficient (Wildman–Crippen LogP) is 2.22. The van der Waals surface area contributed by atoms with Crippen LogP contribution in [0, 0.1) is 5.92 Å². The number of aliphatic carboxylic acids is 1. The maximum Gasteiger partial charge on any atom is 0.303 e. The van der Waals surface area contributed by atoms with E-state index < -0.39 is 5.97 Å². The highest BCUT2D eigenvalue weighted by atomic mass is 32.1. The molecule has 0 bridgehead atoms. The van der Waals surface area contributed by atoms with Crippen molar-refractivity contribution in [3.63, 3.8) is 0 Å². The van der Waals surface area contributed by atoms with E-state index in [0.717, 1.165) is 38.9 Å². The van der Waals surface area contributed by atoms with Gasteiger partial charge in [-0.1, -0.05) is 0 Å². The molecule has 94 valence electrons. The molecule has 1 aliphatic heterocycles. The largest absolute Gasteiger partial charge is 0.481 e. The highest BCUT2D eigenvalue weighted by molar-refractivity contribution is 7.09. The van der Waals surface area contributed by atoms with Crippen molar-refractivity contribution in [2.75, 3.05) is 13.1 Å². The molecule has 1 aromatic rings. The number of likely N-dealkylation sites (tertiary alicyclic amines) is 1. The number of piperidine rings is 1. The lowest BCUT2D eigenvalue weighted by Crippen LogP contribution is -2.33. The zero-order valence-corrected chi connectivity index (χ0v) is 10.7. The van der Waals surface area contributed by atoms with E-state index in [9.17, 15) is 4.79 Å². The topological polar surface area (TPSA) is 53.4 Å². The van der Waals surface area contributed by atoms with E-state index >= 15 is 0 Å². The molecule has 0 atom stereocenters. The summed E-state index contributed by atoms with van der Waals surface area (Å²) in [7, 11) is 0. The summed E-state index contributed by atoms with van der Waals surface area (Å²) >= 11 is 1.70. The minimum absolute atomic E-state index is 0.317. The molecular weight excluding hydrogens is 236 g/mol. The second-order valence-electron chi connectivity index (χ2n) is 4.58. The Balaban J connectivity index is 1.69. The third-order valence-corrected chi connectivity index (χ3v) is 4.08. The van der Waals surface area contributed by atoms with Gasteiger partial charge < -0.3 is 5.11 Å². The van der Waals surface area contributed by atoms with Gasteiger partial charge in [0.15, 0.2) is 0 Å². The SMILES string of the molecule is O=C(O)CCC1CCN(Cc2nccs2)CC1. The molecule has 0 radical (unpaired) electrons. The number of hydrogen-bond donors (Lipinski definition) is 1. The molecule has 0 amide bonds. The first-order valence-corrected chi connectivity index (χ1v) is 6.94. The lowest BCUT2D eigenvalue weighted by atomic mass is 9.92. The van der Waals surface area contributed by atoms with E-state index in [1.807, 2.05) is 11.6 Å². The number of carboxylic acids is 1. The van der Waals surface area contributed by atoms with Gasteiger partial charge in [-0.25, -0.2) is 4.98 Å². The van der Waals surface area contributed by atoms with Crippen LogP contribution in [0.25, 0.3) is 0 Å². The summed E-state index contributed by atoms with van der Waals surface area (Å²) < 4.78 is 0. The van der Waals surface area contributed by atoms with Crippen molar-refractivity contribution in [1.29, 1.82) is 0 Å². The number of rotatable bonds is 5. The van der Waals surface area contributed by atoms with E-state index in [0.29, 0.717) is 12.3 Å². The molecule has 0 aliphatic carbocycles. The molecule has 17 heavy (non-hydrogen) atoms. The van der Waals surface area contributed by atoms with Crippen molar-refractivity contribution in [3.8, 4) is 0 Å². The average molecular weight is 254 g/mol. The molecular formula is C12H18N2O2S. The smallest absolute Gasteiger partial charge is 0.303 e. The number of carboxylic acid groups (broad SMARTS) is 1. The van der Waals surface area contributed by atoms with Gasteiger partial charge in [-0.15, -0.1) is 11.3 Å². The highest BCUT2D eigenvalue weighted by Gasteiger charge is 2.20. The zero-order chi connectivity index (χ0) is 12.1. The van der Waals surface area contributed by atoms with Crippen LogP contribution >= 0.6 is 11.3 Å². The molecule has 2 rings (SSSR count). The minimum Gasteiger partial charge on any atom is -0.481 e. The first kappa shape index (κ1) is 12.5. The monoisotopic (exact) mass is 254 g/mol. The maximum atomic E-state index is 10.5. The van der Waals surface area contributed by atoms with E-state index in [2.05, 4.69) is 9.88 Å². The Bertz CT molecular complexity index is 345.